The third-order valence-corrected chi connectivity index (χ3v) is 3.14. The van der Waals surface area contributed by atoms with Gasteiger partial charge in [0.1, 0.15) is 5.82 Å². The average Bonchev–Trinajstić information content (AvgIpc) is 2.33. The number of unbranched alkanes of at least 4 members (excludes halogenated alkanes) is 3. The Kier molecular flexibility index (Phi) is 6.87. The average molecular weight is 238 g/mol. The SMILES string of the molecule is CCCCCCC(CO)Cc1cccc(F)c1. The quantitative estimate of drug-likeness (QED) is 0.680. The smallest absolute Gasteiger partial charge is 0.123 e. The van der Waals surface area contributed by atoms with Crippen molar-refractivity contribution in [2.75, 3.05) is 6.61 Å². The zero-order valence-corrected chi connectivity index (χ0v) is 10.7. The third kappa shape index (κ3) is 5.83. The number of benzene rings is 1. The van der Waals surface area contributed by atoms with Crippen LogP contribution in [0.1, 0.15) is 44.6 Å². The number of halogens is 1. The molecule has 1 atom stereocenters. The molecular weight excluding hydrogens is 215 g/mol. The Morgan fingerprint density at radius 3 is 2.71 bits per heavy atom. The lowest BCUT2D eigenvalue weighted by atomic mass is 9.94. The molecule has 1 aromatic rings. The lowest BCUT2D eigenvalue weighted by molar-refractivity contribution is 0.214. The van der Waals surface area contributed by atoms with E-state index in [9.17, 15) is 9.50 Å². The molecular formula is C15H23FO. The van der Waals surface area contributed by atoms with E-state index in [-0.39, 0.29) is 18.3 Å². The topological polar surface area (TPSA) is 20.2 Å². The molecule has 0 heterocycles. The van der Waals surface area contributed by atoms with Gasteiger partial charge in [0.15, 0.2) is 0 Å². The fraction of sp³-hybridized carbons (Fsp3) is 0.600. The Bertz CT molecular complexity index is 312. The lowest BCUT2D eigenvalue weighted by Crippen LogP contribution is -2.09. The van der Waals surface area contributed by atoms with E-state index in [2.05, 4.69) is 6.92 Å². The van der Waals surface area contributed by atoms with E-state index >= 15 is 0 Å². The largest absolute Gasteiger partial charge is 0.396 e. The molecule has 0 radical (unpaired) electrons. The van der Waals surface area contributed by atoms with Crippen molar-refractivity contribution in [3.63, 3.8) is 0 Å². The van der Waals surface area contributed by atoms with Gasteiger partial charge in [-0.2, -0.15) is 0 Å². The van der Waals surface area contributed by atoms with Crippen molar-refractivity contribution >= 4 is 0 Å². The van der Waals surface area contributed by atoms with Gasteiger partial charge >= 0.3 is 0 Å². The first-order chi connectivity index (χ1) is 8.26. The zero-order valence-electron chi connectivity index (χ0n) is 10.7. The molecule has 0 saturated carbocycles. The van der Waals surface area contributed by atoms with E-state index in [1.165, 1.54) is 25.3 Å². The minimum Gasteiger partial charge on any atom is -0.396 e. The summed E-state index contributed by atoms with van der Waals surface area (Å²) in [6, 6.07) is 6.68. The molecule has 0 aliphatic heterocycles. The molecule has 0 aliphatic rings. The number of hydrogen-bond acceptors (Lipinski definition) is 1. The van der Waals surface area contributed by atoms with Crippen LogP contribution in [0.15, 0.2) is 24.3 Å². The van der Waals surface area contributed by atoms with Gasteiger partial charge in [-0.3, -0.25) is 0 Å². The summed E-state index contributed by atoms with van der Waals surface area (Å²) in [7, 11) is 0. The lowest BCUT2D eigenvalue weighted by Gasteiger charge is -2.14. The molecule has 2 heteroatoms. The molecule has 0 amide bonds. The fourth-order valence-corrected chi connectivity index (χ4v) is 2.11. The highest BCUT2D eigenvalue weighted by molar-refractivity contribution is 5.16. The molecule has 0 aromatic heterocycles. The predicted molar refractivity (Wildman–Crippen MR) is 69.4 cm³/mol. The molecule has 1 N–H and O–H groups in total. The van der Waals surface area contributed by atoms with E-state index in [1.54, 1.807) is 12.1 Å². The Labute approximate surface area is 104 Å². The minimum absolute atomic E-state index is 0.190. The first-order valence-corrected chi connectivity index (χ1v) is 6.61. The molecule has 17 heavy (non-hydrogen) atoms. The summed E-state index contributed by atoms with van der Waals surface area (Å²) in [5, 5.41) is 9.32. The van der Waals surface area contributed by atoms with E-state index in [0.29, 0.717) is 0 Å². The second-order valence-corrected chi connectivity index (χ2v) is 4.73. The van der Waals surface area contributed by atoms with Crippen molar-refractivity contribution in [2.24, 2.45) is 5.92 Å². The zero-order chi connectivity index (χ0) is 12.5. The number of rotatable bonds is 8. The van der Waals surface area contributed by atoms with Crippen LogP contribution >= 0.6 is 0 Å². The first-order valence-electron chi connectivity index (χ1n) is 6.61. The van der Waals surface area contributed by atoms with Gasteiger partial charge < -0.3 is 5.11 Å². The summed E-state index contributed by atoms with van der Waals surface area (Å²) in [5.41, 5.74) is 0.986. The highest BCUT2D eigenvalue weighted by Crippen LogP contribution is 2.16. The molecule has 1 aromatic carbocycles. The number of aliphatic hydroxyl groups is 1. The van der Waals surface area contributed by atoms with Gasteiger partial charge in [-0.25, -0.2) is 4.39 Å². The first kappa shape index (κ1) is 14.2. The van der Waals surface area contributed by atoms with E-state index in [4.69, 9.17) is 0 Å². The number of hydrogen-bond donors (Lipinski definition) is 1. The Hall–Kier alpha value is -0.890. The maximum absolute atomic E-state index is 13.0. The summed E-state index contributed by atoms with van der Waals surface area (Å²) in [4.78, 5) is 0. The van der Waals surface area contributed by atoms with Crippen molar-refractivity contribution in [3.8, 4) is 0 Å². The van der Waals surface area contributed by atoms with Crippen LogP contribution in [0, 0.1) is 11.7 Å². The standard InChI is InChI=1S/C15H23FO/c1-2-3-4-5-7-14(12-17)10-13-8-6-9-15(16)11-13/h6,8-9,11,14,17H,2-5,7,10,12H2,1H3. The van der Waals surface area contributed by atoms with Crippen molar-refractivity contribution in [1.82, 2.24) is 0 Å². The van der Waals surface area contributed by atoms with Gasteiger partial charge in [0.25, 0.3) is 0 Å². The summed E-state index contributed by atoms with van der Waals surface area (Å²) in [5.74, 6) is 0.0822. The monoisotopic (exact) mass is 238 g/mol. The van der Waals surface area contributed by atoms with Crippen LogP contribution in [0.2, 0.25) is 0 Å². The molecule has 0 spiro atoms. The van der Waals surface area contributed by atoms with Crippen LogP contribution in [0.4, 0.5) is 4.39 Å². The fourth-order valence-electron chi connectivity index (χ4n) is 2.11. The maximum Gasteiger partial charge on any atom is 0.123 e. The molecule has 1 nitrogen and oxygen atoms in total. The maximum atomic E-state index is 13.0. The molecule has 1 unspecified atom stereocenters. The third-order valence-electron chi connectivity index (χ3n) is 3.14. The summed E-state index contributed by atoms with van der Waals surface area (Å²) in [6.45, 7) is 2.39. The van der Waals surface area contributed by atoms with Crippen LogP contribution in [0.5, 0.6) is 0 Å². The summed E-state index contributed by atoms with van der Waals surface area (Å²) >= 11 is 0. The molecule has 0 fully saturated rings. The van der Waals surface area contributed by atoms with Crippen LogP contribution in [0.25, 0.3) is 0 Å². The van der Waals surface area contributed by atoms with Crippen LogP contribution in [-0.2, 0) is 6.42 Å². The molecule has 0 aliphatic carbocycles. The normalized spacial score (nSPS) is 12.6. The summed E-state index contributed by atoms with van der Waals surface area (Å²) < 4.78 is 13.0. The van der Waals surface area contributed by atoms with E-state index in [1.807, 2.05) is 6.07 Å². The Morgan fingerprint density at radius 2 is 2.06 bits per heavy atom. The highest BCUT2D eigenvalue weighted by Gasteiger charge is 2.08. The second kappa shape index (κ2) is 8.24. The molecule has 0 bridgehead atoms. The van der Waals surface area contributed by atoms with Crippen LogP contribution < -0.4 is 0 Å². The Morgan fingerprint density at radius 1 is 1.24 bits per heavy atom. The minimum atomic E-state index is -0.190. The molecule has 1 rings (SSSR count). The van der Waals surface area contributed by atoms with Crippen molar-refractivity contribution in [1.29, 1.82) is 0 Å². The van der Waals surface area contributed by atoms with Crippen LogP contribution in [0.3, 0.4) is 0 Å². The van der Waals surface area contributed by atoms with E-state index in [0.717, 1.165) is 24.8 Å². The highest BCUT2D eigenvalue weighted by atomic mass is 19.1. The van der Waals surface area contributed by atoms with Gasteiger partial charge in [-0.1, -0.05) is 44.7 Å². The van der Waals surface area contributed by atoms with E-state index < -0.39 is 0 Å². The van der Waals surface area contributed by atoms with Gasteiger partial charge in [0.05, 0.1) is 0 Å². The Balaban J connectivity index is 2.35. The van der Waals surface area contributed by atoms with Crippen LogP contribution in [-0.4, -0.2) is 11.7 Å². The molecule has 0 saturated heterocycles. The van der Waals surface area contributed by atoms with Gasteiger partial charge in [0.2, 0.25) is 0 Å². The van der Waals surface area contributed by atoms with Gasteiger partial charge in [-0.05, 0) is 36.5 Å². The second-order valence-electron chi connectivity index (χ2n) is 4.73. The summed E-state index contributed by atoms with van der Waals surface area (Å²) in [6.07, 6.45) is 6.70. The predicted octanol–water partition coefficient (Wildman–Crippen LogP) is 3.95. The molecule has 96 valence electrons. The van der Waals surface area contributed by atoms with Gasteiger partial charge in [0, 0.05) is 6.61 Å². The van der Waals surface area contributed by atoms with Crippen molar-refractivity contribution < 1.29 is 9.50 Å². The van der Waals surface area contributed by atoms with Crippen molar-refractivity contribution in [2.45, 2.75) is 45.4 Å². The number of aliphatic hydroxyl groups excluding tert-OH is 1. The van der Waals surface area contributed by atoms with Crippen molar-refractivity contribution in [3.05, 3.63) is 35.6 Å². The van der Waals surface area contributed by atoms with Gasteiger partial charge in [-0.15, -0.1) is 0 Å².